The summed E-state index contributed by atoms with van der Waals surface area (Å²) in [6.45, 7) is 5.81. The highest BCUT2D eigenvalue weighted by Crippen LogP contribution is 2.23. The minimum atomic E-state index is 0.140. The molecule has 0 spiro atoms. The largest absolute Gasteiger partial charge is 0.363 e. The number of aryl methyl sites for hydroxylation is 1. The van der Waals surface area contributed by atoms with Crippen molar-refractivity contribution in [2.45, 2.75) is 24.3 Å². The van der Waals surface area contributed by atoms with Crippen LogP contribution in [0.4, 0.5) is 5.82 Å². The Kier molecular flexibility index (Phi) is 6.91. The van der Waals surface area contributed by atoms with Crippen molar-refractivity contribution >= 4 is 23.5 Å². The number of thioether (sulfide) groups is 1. The van der Waals surface area contributed by atoms with E-state index in [0.29, 0.717) is 0 Å². The SMILES string of the molecule is CCc1cc(N(C)C)nc(SCc2ccc(C(=O)N3CC[NH+](C)CC3)cc2)n1. The lowest BCUT2D eigenvalue weighted by Gasteiger charge is -2.30. The summed E-state index contributed by atoms with van der Waals surface area (Å²) in [6, 6.07) is 10.00. The minimum absolute atomic E-state index is 0.140. The molecule has 0 bridgehead atoms. The van der Waals surface area contributed by atoms with Crippen LogP contribution in [-0.4, -0.2) is 68.1 Å². The first-order valence-corrected chi connectivity index (χ1v) is 10.8. The van der Waals surface area contributed by atoms with Gasteiger partial charge in [0.05, 0.1) is 33.2 Å². The van der Waals surface area contributed by atoms with Crippen LogP contribution in [0, 0.1) is 0 Å². The van der Waals surface area contributed by atoms with Crippen LogP contribution in [-0.2, 0) is 12.2 Å². The van der Waals surface area contributed by atoms with Crippen molar-refractivity contribution in [2.24, 2.45) is 0 Å². The van der Waals surface area contributed by atoms with E-state index in [1.165, 1.54) is 10.5 Å². The van der Waals surface area contributed by atoms with Gasteiger partial charge in [0.2, 0.25) is 0 Å². The Morgan fingerprint density at radius 2 is 1.86 bits per heavy atom. The summed E-state index contributed by atoms with van der Waals surface area (Å²) in [5.74, 6) is 1.86. The number of anilines is 1. The zero-order chi connectivity index (χ0) is 20.1. The molecule has 2 aromatic rings. The number of quaternary nitrogens is 1. The fraction of sp³-hybridized carbons (Fsp3) is 0.476. The van der Waals surface area contributed by atoms with Gasteiger partial charge in [-0.3, -0.25) is 4.79 Å². The van der Waals surface area contributed by atoms with E-state index in [9.17, 15) is 4.79 Å². The molecule has 150 valence electrons. The molecule has 0 radical (unpaired) electrons. The van der Waals surface area contributed by atoms with Crippen LogP contribution in [0.1, 0.15) is 28.5 Å². The van der Waals surface area contributed by atoms with Gasteiger partial charge in [0, 0.05) is 37.2 Å². The number of amides is 1. The number of nitrogens with zero attached hydrogens (tertiary/aromatic N) is 4. The van der Waals surface area contributed by atoms with Gasteiger partial charge < -0.3 is 14.7 Å². The van der Waals surface area contributed by atoms with Gasteiger partial charge in [-0.25, -0.2) is 9.97 Å². The van der Waals surface area contributed by atoms with E-state index >= 15 is 0 Å². The van der Waals surface area contributed by atoms with Crippen LogP contribution < -0.4 is 9.80 Å². The number of carbonyl (C=O) groups excluding carboxylic acids is 1. The van der Waals surface area contributed by atoms with Gasteiger partial charge in [-0.1, -0.05) is 30.8 Å². The Hall–Kier alpha value is -2.12. The molecule has 1 N–H and O–H groups in total. The molecule has 6 nitrogen and oxygen atoms in total. The second-order valence-corrected chi connectivity index (χ2v) is 8.43. The summed E-state index contributed by atoms with van der Waals surface area (Å²) >= 11 is 1.63. The monoisotopic (exact) mass is 400 g/mol. The van der Waals surface area contributed by atoms with Crippen LogP contribution in [0.3, 0.4) is 0 Å². The third-order valence-electron chi connectivity index (χ3n) is 5.04. The fourth-order valence-electron chi connectivity index (χ4n) is 3.10. The molecule has 0 saturated carbocycles. The Morgan fingerprint density at radius 1 is 1.18 bits per heavy atom. The van der Waals surface area contributed by atoms with Gasteiger partial charge in [0.1, 0.15) is 5.82 Å². The molecule has 1 aromatic heterocycles. The smallest absolute Gasteiger partial charge is 0.254 e. The van der Waals surface area contributed by atoms with Crippen molar-refractivity contribution in [1.82, 2.24) is 14.9 Å². The number of rotatable bonds is 6. The Morgan fingerprint density at radius 3 is 2.46 bits per heavy atom. The highest BCUT2D eigenvalue weighted by Gasteiger charge is 2.22. The number of nitrogens with one attached hydrogen (secondary N) is 1. The molecule has 1 amide bonds. The first-order chi connectivity index (χ1) is 13.5. The zero-order valence-corrected chi connectivity index (χ0v) is 18.1. The molecular formula is C21H30N5OS+. The number of benzene rings is 1. The molecule has 1 saturated heterocycles. The predicted molar refractivity (Wildman–Crippen MR) is 114 cm³/mol. The van der Waals surface area contributed by atoms with Crippen LogP contribution in [0.5, 0.6) is 0 Å². The molecule has 7 heteroatoms. The van der Waals surface area contributed by atoms with E-state index in [1.807, 2.05) is 54.2 Å². The maximum atomic E-state index is 12.7. The third-order valence-corrected chi connectivity index (χ3v) is 5.96. The number of aromatic nitrogens is 2. The molecule has 1 aliphatic rings. The lowest BCUT2D eigenvalue weighted by Crippen LogP contribution is -3.12. The molecule has 28 heavy (non-hydrogen) atoms. The number of hydrogen-bond acceptors (Lipinski definition) is 5. The number of piperazine rings is 1. The second kappa shape index (κ2) is 9.39. The highest BCUT2D eigenvalue weighted by molar-refractivity contribution is 7.98. The lowest BCUT2D eigenvalue weighted by atomic mass is 10.1. The van der Waals surface area contributed by atoms with Crippen molar-refractivity contribution in [3.05, 3.63) is 47.2 Å². The van der Waals surface area contributed by atoms with Gasteiger partial charge in [-0.05, 0) is 24.1 Å². The Balaban J connectivity index is 1.62. The molecule has 2 heterocycles. The highest BCUT2D eigenvalue weighted by atomic mass is 32.2. The first kappa shape index (κ1) is 20.6. The summed E-state index contributed by atoms with van der Waals surface area (Å²) in [5, 5.41) is 0.795. The summed E-state index contributed by atoms with van der Waals surface area (Å²) in [6.07, 6.45) is 0.890. The van der Waals surface area contributed by atoms with Gasteiger partial charge >= 0.3 is 0 Å². The molecule has 1 fully saturated rings. The van der Waals surface area contributed by atoms with Crippen molar-refractivity contribution < 1.29 is 9.69 Å². The maximum absolute atomic E-state index is 12.7. The van der Waals surface area contributed by atoms with E-state index in [1.54, 1.807) is 11.8 Å². The summed E-state index contributed by atoms with van der Waals surface area (Å²) < 4.78 is 0. The second-order valence-electron chi connectivity index (χ2n) is 7.48. The molecular weight excluding hydrogens is 370 g/mol. The average Bonchev–Trinajstić information content (AvgIpc) is 2.72. The van der Waals surface area contributed by atoms with Gasteiger partial charge in [-0.15, -0.1) is 0 Å². The lowest BCUT2D eigenvalue weighted by molar-refractivity contribution is -0.883. The summed E-state index contributed by atoms with van der Waals surface area (Å²) in [5.41, 5.74) is 2.99. The van der Waals surface area contributed by atoms with Gasteiger partial charge in [0.15, 0.2) is 5.16 Å². The van der Waals surface area contributed by atoms with Gasteiger partial charge in [-0.2, -0.15) is 0 Å². The molecule has 0 unspecified atom stereocenters. The number of carbonyl (C=O) groups is 1. The molecule has 0 aliphatic carbocycles. The molecule has 0 atom stereocenters. The van der Waals surface area contributed by atoms with Crippen LogP contribution in [0.2, 0.25) is 0 Å². The van der Waals surface area contributed by atoms with E-state index in [2.05, 4.69) is 23.9 Å². The Labute approximate surface area is 172 Å². The van der Waals surface area contributed by atoms with E-state index in [4.69, 9.17) is 0 Å². The average molecular weight is 401 g/mol. The van der Waals surface area contributed by atoms with Crippen molar-refractivity contribution in [1.29, 1.82) is 0 Å². The number of likely N-dealkylation sites (N-methyl/N-ethyl adjacent to an activating group) is 1. The summed E-state index contributed by atoms with van der Waals surface area (Å²) in [4.78, 5) is 27.4. The molecule has 3 rings (SSSR count). The van der Waals surface area contributed by atoms with Crippen molar-refractivity contribution in [3.8, 4) is 0 Å². The molecule has 1 aliphatic heterocycles. The first-order valence-electron chi connectivity index (χ1n) is 9.84. The van der Waals surface area contributed by atoms with Crippen LogP contribution >= 0.6 is 11.8 Å². The van der Waals surface area contributed by atoms with Crippen molar-refractivity contribution in [2.75, 3.05) is 52.2 Å². The zero-order valence-electron chi connectivity index (χ0n) is 17.2. The van der Waals surface area contributed by atoms with E-state index in [0.717, 1.165) is 60.6 Å². The predicted octanol–water partition coefficient (Wildman–Crippen LogP) is 1.37. The quantitative estimate of drug-likeness (QED) is 0.586. The Bertz CT molecular complexity index is 801. The minimum Gasteiger partial charge on any atom is -0.363 e. The van der Waals surface area contributed by atoms with E-state index < -0.39 is 0 Å². The fourth-order valence-corrected chi connectivity index (χ4v) is 3.93. The standard InChI is InChI=1S/C21H29N5OS/c1-5-18-14-19(24(2)3)23-21(22-18)28-15-16-6-8-17(9-7-16)20(27)26-12-10-25(4)11-13-26/h6-9,14H,5,10-13,15H2,1-4H3/p+1. The van der Waals surface area contributed by atoms with Crippen LogP contribution in [0.25, 0.3) is 0 Å². The normalized spacial score (nSPS) is 14.9. The maximum Gasteiger partial charge on any atom is 0.254 e. The van der Waals surface area contributed by atoms with Crippen LogP contribution in [0.15, 0.2) is 35.5 Å². The van der Waals surface area contributed by atoms with Gasteiger partial charge in [0.25, 0.3) is 5.91 Å². The topological polar surface area (TPSA) is 53.8 Å². The molecule has 1 aromatic carbocycles. The van der Waals surface area contributed by atoms with Crippen molar-refractivity contribution in [3.63, 3.8) is 0 Å². The third kappa shape index (κ3) is 5.23. The number of hydrogen-bond donors (Lipinski definition) is 1. The van der Waals surface area contributed by atoms with E-state index in [-0.39, 0.29) is 5.91 Å². The summed E-state index contributed by atoms with van der Waals surface area (Å²) in [7, 11) is 6.16.